The molecule has 1 N–H and O–H groups in total. The van der Waals surface area contributed by atoms with Gasteiger partial charge in [0.05, 0.1) is 13.1 Å². The number of aryl methyl sites for hydroxylation is 1. The van der Waals surface area contributed by atoms with Gasteiger partial charge in [-0.25, -0.2) is 15.0 Å². The Hall–Kier alpha value is -3.35. The van der Waals surface area contributed by atoms with Crippen LogP contribution in [0.25, 0.3) is 5.82 Å². The summed E-state index contributed by atoms with van der Waals surface area (Å²) in [6, 6.07) is 13.9. The molecule has 152 valence electrons. The standard InChI is InChI=1S/C22H28N6O/c1-4-23-22(27(3)14-15-29-20-8-6-5-7-9-20)26-17-19-10-11-21(25-16-19)28-13-12-24-18(28)2/h5-13,16H,4,14-15,17H2,1-3H3,(H,23,26). The van der Waals surface area contributed by atoms with Crippen molar-refractivity contribution in [3.63, 3.8) is 0 Å². The molecule has 7 nitrogen and oxygen atoms in total. The number of aliphatic imine (C=N–C) groups is 1. The first-order valence-electron chi connectivity index (χ1n) is 9.80. The van der Waals surface area contributed by atoms with Crippen LogP contribution in [-0.4, -0.2) is 52.1 Å². The fraction of sp³-hybridized carbons (Fsp3) is 0.318. The summed E-state index contributed by atoms with van der Waals surface area (Å²) < 4.78 is 7.74. The fourth-order valence-corrected chi connectivity index (χ4v) is 2.83. The van der Waals surface area contributed by atoms with Crippen molar-refractivity contribution in [1.82, 2.24) is 24.8 Å². The molecule has 3 rings (SSSR count). The maximum absolute atomic E-state index is 5.78. The first kappa shape index (κ1) is 20.4. The van der Waals surface area contributed by atoms with Crippen molar-refractivity contribution in [2.75, 3.05) is 26.7 Å². The number of nitrogens with one attached hydrogen (secondary N) is 1. The lowest BCUT2D eigenvalue weighted by Crippen LogP contribution is -2.40. The largest absolute Gasteiger partial charge is 0.492 e. The van der Waals surface area contributed by atoms with E-state index in [-0.39, 0.29) is 0 Å². The van der Waals surface area contributed by atoms with Crippen molar-refractivity contribution < 1.29 is 4.74 Å². The predicted molar refractivity (Wildman–Crippen MR) is 115 cm³/mol. The minimum absolute atomic E-state index is 0.558. The molecular formula is C22H28N6O. The Balaban J connectivity index is 1.57. The molecule has 0 radical (unpaired) electrons. The van der Waals surface area contributed by atoms with E-state index in [4.69, 9.17) is 9.73 Å². The molecule has 0 spiro atoms. The number of likely N-dealkylation sites (N-methyl/N-ethyl adjacent to an activating group) is 1. The summed E-state index contributed by atoms with van der Waals surface area (Å²) in [5.74, 6) is 3.49. The topological polar surface area (TPSA) is 67.6 Å². The molecule has 2 aromatic heterocycles. The normalized spacial score (nSPS) is 11.3. The molecular weight excluding hydrogens is 364 g/mol. The maximum Gasteiger partial charge on any atom is 0.194 e. The Morgan fingerprint density at radius 1 is 1.17 bits per heavy atom. The highest BCUT2D eigenvalue weighted by Crippen LogP contribution is 2.10. The summed E-state index contributed by atoms with van der Waals surface area (Å²) in [7, 11) is 2.01. The molecule has 0 bridgehead atoms. The number of imidazole rings is 1. The third kappa shape index (κ3) is 5.81. The third-order valence-electron chi connectivity index (χ3n) is 4.43. The molecule has 3 aromatic rings. The minimum atomic E-state index is 0.558. The quantitative estimate of drug-likeness (QED) is 0.471. The molecule has 0 saturated carbocycles. The van der Waals surface area contributed by atoms with Gasteiger partial charge in [-0.05, 0) is 37.6 Å². The van der Waals surface area contributed by atoms with Crippen LogP contribution in [0.15, 0.2) is 66.0 Å². The average Bonchev–Trinajstić information content (AvgIpc) is 3.18. The fourth-order valence-electron chi connectivity index (χ4n) is 2.83. The number of aromatic nitrogens is 3. The van der Waals surface area contributed by atoms with Crippen molar-refractivity contribution in [1.29, 1.82) is 0 Å². The van der Waals surface area contributed by atoms with Crippen LogP contribution in [0, 0.1) is 6.92 Å². The van der Waals surface area contributed by atoms with Gasteiger partial charge in [-0.2, -0.15) is 0 Å². The number of nitrogens with zero attached hydrogens (tertiary/aromatic N) is 5. The summed E-state index contributed by atoms with van der Waals surface area (Å²) in [5, 5.41) is 3.33. The van der Waals surface area contributed by atoms with Crippen LogP contribution in [0.2, 0.25) is 0 Å². The molecule has 1 aromatic carbocycles. The van der Waals surface area contributed by atoms with Crippen LogP contribution >= 0.6 is 0 Å². The molecule has 0 aliphatic heterocycles. The highest BCUT2D eigenvalue weighted by atomic mass is 16.5. The van der Waals surface area contributed by atoms with Crippen LogP contribution in [0.1, 0.15) is 18.3 Å². The van der Waals surface area contributed by atoms with Gasteiger partial charge >= 0.3 is 0 Å². The van der Waals surface area contributed by atoms with E-state index in [1.54, 1.807) is 6.20 Å². The van der Waals surface area contributed by atoms with Crippen LogP contribution < -0.4 is 10.1 Å². The number of benzene rings is 1. The average molecular weight is 393 g/mol. The van der Waals surface area contributed by atoms with Gasteiger partial charge in [0.15, 0.2) is 5.96 Å². The zero-order valence-electron chi connectivity index (χ0n) is 17.2. The second-order valence-electron chi connectivity index (χ2n) is 6.62. The number of hydrogen-bond acceptors (Lipinski definition) is 4. The summed E-state index contributed by atoms with van der Waals surface area (Å²) in [6.07, 6.45) is 5.54. The maximum atomic E-state index is 5.78. The Labute approximate surface area is 172 Å². The molecule has 2 heterocycles. The summed E-state index contributed by atoms with van der Waals surface area (Å²) in [6.45, 7) is 6.71. The number of hydrogen-bond donors (Lipinski definition) is 1. The van der Waals surface area contributed by atoms with E-state index >= 15 is 0 Å². The van der Waals surface area contributed by atoms with Crippen LogP contribution in [0.3, 0.4) is 0 Å². The number of para-hydroxylation sites is 1. The molecule has 0 saturated heterocycles. The lowest BCUT2D eigenvalue weighted by atomic mass is 10.3. The van der Waals surface area contributed by atoms with Crippen molar-refractivity contribution in [2.45, 2.75) is 20.4 Å². The number of ether oxygens (including phenoxy) is 1. The third-order valence-corrected chi connectivity index (χ3v) is 4.43. The monoisotopic (exact) mass is 392 g/mol. The smallest absolute Gasteiger partial charge is 0.194 e. The van der Waals surface area contributed by atoms with E-state index in [0.717, 1.165) is 42.0 Å². The second kappa shape index (κ2) is 10.3. The highest BCUT2D eigenvalue weighted by molar-refractivity contribution is 5.79. The zero-order chi connectivity index (χ0) is 20.5. The van der Waals surface area contributed by atoms with E-state index in [9.17, 15) is 0 Å². The van der Waals surface area contributed by atoms with Crippen molar-refractivity contribution in [2.24, 2.45) is 4.99 Å². The van der Waals surface area contributed by atoms with Crippen LogP contribution in [0.5, 0.6) is 5.75 Å². The van der Waals surface area contributed by atoms with E-state index in [0.29, 0.717) is 13.2 Å². The number of pyridine rings is 1. The number of rotatable bonds is 8. The van der Waals surface area contributed by atoms with E-state index < -0.39 is 0 Å². The van der Waals surface area contributed by atoms with Gasteiger partial charge in [0.1, 0.15) is 24.0 Å². The van der Waals surface area contributed by atoms with Gasteiger partial charge in [-0.1, -0.05) is 24.3 Å². The number of guanidine groups is 1. The summed E-state index contributed by atoms with van der Waals surface area (Å²) in [4.78, 5) is 15.6. The van der Waals surface area contributed by atoms with Gasteiger partial charge in [-0.3, -0.25) is 4.57 Å². The van der Waals surface area contributed by atoms with E-state index in [1.165, 1.54) is 0 Å². The van der Waals surface area contributed by atoms with E-state index in [1.807, 2.05) is 73.4 Å². The molecule has 0 fully saturated rings. The molecule has 0 unspecified atom stereocenters. The lowest BCUT2D eigenvalue weighted by Gasteiger charge is -2.22. The molecule has 7 heteroatoms. The van der Waals surface area contributed by atoms with Crippen molar-refractivity contribution in [3.8, 4) is 11.6 Å². The van der Waals surface area contributed by atoms with Gasteiger partial charge < -0.3 is 15.0 Å². The highest BCUT2D eigenvalue weighted by Gasteiger charge is 2.07. The summed E-state index contributed by atoms with van der Waals surface area (Å²) >= 11 is 0. The Morgan fingerprint density at radius 3 is 2.66 bits per heavy atom. The minimum Gasteiger partial charge on any atom is -0.492 e. The van der Waals surface area contributed by atoms with Crippen molar-refractivity contribution >= 4 is 5.96 Å². The Kier molecular flexibility index (Phi) is 7.22. The predicted octanol–water partition coefficient (Wildman–Crippen LogP) is 3.05. The van der Waals surface area contributed by atoms with Crippen LogP contribution in [0.4, 0.5) is 0 Å². The summed E-state index contributed by atoms with van der Waals surface area (Å²) in [5.41, 5.74) is 1.05. The Bertz CT molecular complexity index is 905. The van der Waals surface area contributed by atoms with Gasteiger partial charge in [-0.15, -0.1) is 0 Å². The van der Waals surface area contributed by atoms with Gasteiger partial charge in [0, 0.05) is 32.2 Å². The van der Waals surface area contributed by atoms with Gasteiger partial charge in [0.25, 0.3) is 0 Å². The molecule has 0 atom stereocenters. The van der Waals surface area contributed by atoms with E-state index in [2.05, 4.69) is 27.1 Å². The van der Waals surface area contributed by atoms with Crippen LogP contribution in [-0.2, 0) is 6.54 Å². The molecule has 0 aliphatic rings. The molecule has 29 heavy (non-hydrogen) atoms. The molecule has 0 amide bonds. The SMILES string of the molecule is CCNC(=NCc1ccc(-n2ccnc2C)nc1)N(C)CCOc1ccccc1. The van der Waals surface area contributed by atoms with Crippen molar-refractivity contribution in [3.05, 3.63) is 72.4 Å². The first-order chi connectivity index (χ1) is 14.2. The van der Waals surface area contributed by atoms with Gasteiger partial charge in [0.2, 0.25) is 0 Å². The zero-order valence-corrected chi connectivity index (χ0v) is 17.2. The second-order valence-corrected chi connectivity index (χ2v) is 6.62. The Morgan fingerprint density at radius 2 is 2.00 bits per heavy atom. The molecule has 0 aliphatic carbocycles. The first-order valence-corrected chi connectivity index (χ1v) is 9.80. The lowest BCUT2D eigenvalue weighted by molar-refractivity contribution is 0.281.